The van der Waals surface area contributed by atoms with E-state index in [0.717, 1.165) is 4.68 Å². The molecule has 7 nitrogen and oxygen atoms in total. The average molecular weight is 282 g/mol. The van der Waals surface area contributed by atoms with Crippen LogP contribution in [-0.2, 0) is 11.3 Å². The molecule has 0 unspecified atom stereocenters. The van der Waals surface area contributed by atoms with E-state index in [1.54, 1.807) is 18.2 Å². The summed E-state index contributed by atoms with van der Waals surface area (Å²) in [5.74, 6) is -2.43. The van der Waals surface area contributed by atoms with Crippen molar-refractivity contribution in [2.75, 3.05) is 0 Å². The third-order valence-electron chi connectivity index (χ3n) is 2.32. The third-order valence-corrected chi connectivity index (χ3v) is 2.56. The topological polar surface area (TPSA) is 105 Å². The van der Waals surface area contributed by atoms with Crippen molar-refractivity contribution in [1.82, 2.24) is 15.0 Å². The Balaban J connectivity index is 2.61. The number of hydrogen-bond donors (Lipinski definition) is 2. The van der Waals surface area contributed by atoms with Crippen LogP contribution >= 0.6 is 11.6 Å². The normalized spacial score (nSPS) is 10.4. The predicted molar refractivity (Wildman–Crippen MR) is 65.1 cm³/mol. The molecule has 0 amide bonds. The molecule has 0 bridgehead atoms. The number of aromatic carboxylic acids is 1. The number of carboxylic acid groups (broad SMARTS) is 2. The maximum Gasteiger partial charge on any atom is 0.358 e. The van der Waals surface area contributed by atoms with E-state index in [1.807, 2.05) is 0 Å². The van der Waals surface area contributed by atoms with Crippen molar-refractivity contribution >= 4 is 23.5 Å². The van der Waals surface area contributed by atoms with Crippen molar-refractivity contribution in [2.45, 2.75) is 6.54 Å². The highest BCUT2D eigenvalue weighted by molar-refractivity contribution is 6.30. The fourth-order valence-corrected chi connectivity index (χ4v) is 1.81. The second kappa shape index (κ2) is 5.07. The van der Waals surface area contributed by atoms with Gasteiger partial charge in [0, 0.05) is 10.6 Å². The first kappa shape index (κ1) is 13.0. The second-order valence-corrected chi connectivity index (χ2v) is 4.09. The molecule has 8 heteroatoms. The summed E-state index contributed by atoms with van der Waals surface area (Å²) in [7, 11) is 0. The summed E-state index contributed by atoms with van der Waals surface area (Å²) in [5, 5.41) is 25.3. The van der Waals surface area contributed by atoms with Gasteiger partial charge in [-0.05, 0) is 12.1 Å². The minimum absolute atomic E-state index is 0.109. The van der Waals surface area contributed by atoms with Gasteiger partial charge in [0.1, 0.15) is 12.2 Å². The predicted octanol–water partition coefficient (Wildman–Crippen LogP) is 1.38. The van der Waals surface area contributed by atoms with Crippen LogP contribution < -0.4 is 0 Å². The molecule has 0 aliphatic heterocycles. The Labute approximate surface area is 112 Å². The Hall–Kier alpha value is -2.41. The molecule has 1 aromatic heterocycles. The highest BCUT2D eigenvalue weighted by atomic mass is 35.5. The maximum absolute atomic E-state index is 11.1. The summed E-state index contributed by atoms with van der Waals surface area (Å²) >= 11 is 5.84. The molecule has 0 fully saturated rings. The van der Waals surface area contributed by atoms with E-state index < -0.39 is 18.5 Å². The fourth-order valence-electron chi connectivity index (χ4n) is 1.62. The van der Waals surface area contributed by atoms with Crippen LogP contribution in [-0.4, -0.2) is 37.1 Å². The molecule has 0 aliphatic carbocycles. The molecule has 98 valence electrons. The second-order valence-electron chi connectivity index (χ2n) is 3.65. The number of aliphatic carboxylic acids is 1. The molecule has 1 aromatic carbocycles. The average Bonchev–Trinajstić information content (AvgIpc) is 2.71. The van der Waals surface area contributed by atoms with Crippen LogP contribution in [0.15, 0.2) is 24.3 Å². The standard InChI is InChI=1S/C11H8ClN3O4/c12-7-3-1-2-6(4-7)10-9(11(18)19)13-14-15(10)5-8(16)17/h1-4H,5H2,(H,16,17)(H,18,19). The summed E-state index contributed by atoms with van der Waals surface area (Å²) in [6.45, 7) is -0.484. The molecule has 2 aromatic rings. The van der Waals surface area contributed by atoms with Gasteiger partial charge in [-0.2, -0.15) is 0 Å². The van der Waals surface area contributed by atoms with Crippen LogP contribution in [0.4, 0.5) is 0 Å². The van der Waals surface area contributed by atoms with Gasteiger partial charge in [-0.15, -0.1) is 5.10 Å². The number of halogens is 1. The Kier molecular flexibility index (Phi) is 3.48. The summed E-state index contributed by atoms with van der Waals surface area (Å²) < 4.78 is 1.01. The molecule has 2 rings (SSSR count). The molecular formula is C11H8ClN3O4. The molecule has 19 heavy (non-hydrogen) atoms. The van der Waals surface area contributed by atoms with Crippen LogP contribution in [0, 0.1) is 0 Å². The van der Waals surface area contributed by atoms with Crippen molar-refractivity contribution in [3.63, 3.8) is 0 Å². The van der Waals surface area contributed by atoms with E-state index in [2.05, 4.69) is 10.3 Å². The fraction of sp³-hybridized carbons (Fsp3) is 0.0909. The van der Waals surface area contributed by atoms with E-state index in [9.17, 15) is 9.59 Å². The van der Waals surface area contributed by atoms with Crippen LogP contribution in [0.3, 0.4) is 0 Å². The van der Waals surface area contributed by atoms with Crippen molar-refractivity contribution < 1.29 is 19.8 Å². The lowest BCUT2D eigenvalue weighted by molar-refractivity contribution is -0.137. The van der Waals surface area contributed by atoms with Crippen LogP contribution in [0.25, 0.3) is 11.3 Å². The number of rotatable bonds is 4. The van der Waals surface area contributed by atoms with Gasteiger partial charge in [-0.1, -0.05) is 28.9 Å². The van der Waals surface area contributed by atoms with E-state index in [0.29, 0.717) is 10.6 Å². The zero-order valence-electron chi connectivity index (χ0n) is 9.45. The number of carbonyl (C=O) groups is 2. The minimum Gasteiger partial charge on any atom is -0.480 e. The van der Waals surface area contributed by atoms with E-state index >= 15 is 0 Å². The first-order chi connectivity index (χ1) is 8.99. The van der Waals surface area contributed by atoms with Gasteiger partial charge in [-0.25, -0.2) is 9.48 Å². The van der Waals surface area contributed by atoms with E-state index in [-0.39, 0.29) is 11.4 Å². The van der Waals surface area contributed by atoms with Gasteiger partial charge >= 0.3 is 11.9 Å². The lowest BCUT2D eigenvalue weighted by Gasteiger charge is -2.05. The van der Waals surface area contributed by atoms with Crippen molar-refractivity contribution in [3.8, 4) is 11.3 Å². The number of carboxylic acids is 2. The third kappa shape index (κ3) is 2.71. The Morgan fingerprint density at radius 3 is 2.63 bits per heavy atom. The largest absolute Gasteiger partial charge is 0.480 e. The molecule has 0 saturated heterocycles. The van der Waals surface area contributed by atoms with Crippen molar-refractivity contribution in [1.29, 1.82) is 0 Å². The molecule has 1 heterocycles. The highest BCUT2D eigenvalue weighted by Gasteiger charge is 2.21. The van der Waals surface area contributed by atoms with E-state index in [1.165, 1.54) is 6.07 Å². The Morgan fingerprint density at radius 2 is 2.05 bits per heavy atom. The monoisotopic (exact) mass is 281 g/mol. The SMILES string of the molecule is O=C(O)Cn1nnc(C(=O)O)c1-c1cccc(Cl)c1. The zero-order valence-corrected chi connectivity index (χ0v) is 10.2. The first-order valence-electron chi connectivity index (χ1n) is 5.13. The van der Waals surface area contributed by atoms with Crippen LogP contribution in [0.1, 0.15) is 10.5 Å². The van der Waals surface area contributed by atoms with Gasteiger partial charge in [0.15, 0.2) is 5.69 Å². The molecule has 0 spiro atoms. The summed E-state index contributed by atoms with van der Waals surface area (Å²) in [4.78, 5) is 21.8. The molecule has 0 saturated carbocycles. The molecular weight excluding hydrogens is 274 g/mol. The van der Waals surface area contributed by atoms with E-state index in [4.69, 9.17) is 21.8 Å². The summed E-state index contributed by atoms with van der Waals surface area (Å²) in [5.41, 5.74) is 0.233. The number of aromatic nitrogens is 3. The lowest BCUT2D eigenvalue weighted by atomic mass is 10.1. The van der Waals surface area contributed by atoms with Gasteiger partial charge in [-0.3, -0.25) is 4.79 Å². The quantitative estimate of drug-likeness (QED) is 0.877. The number of nitrogens with zero attached hydrogens (tertiary/aromatic N) is 3. The van der Waals surface area contributed by atoms with Gasteiger partial charge in [0.05, 0.1) is 0 Å². The minimum atomic E-state index is -1.29. The van der Waals surface area contributed by atoms with Crippen molar-refractivity contribution in [3.05, 3.63) is 35.0 Å². The number of benzene rings is 1. The van der Waals surface area contributed by atoms with Gasteiger partial charge in [0.25, 0.3) is 0 Å². The Morgan fingerprint density at radius 1 is 1.32 bits per heavy atom. The highest BCUT2D eigenvalue weighted by Crippen LogP contribution is 2.25. The number of hydrogen-bond acceptors (Lipinski definition) is 4. The Bertz CT molecular complexity index is 653. The lowest BCUT2D eigenvalue weighted by Crippen LogP contribution is -2.12. The smallest absolute Gasteiger partial charge is 0.358 e. The summed E-state index contributed by atoms with van der Waals surface area (Å²) in [6.07, 6.45) is 0. The molecule has 0 atom stereocenters. The van der Waals surface area contributed by atoms with Crippen LogP contribution in [0.5, 0.6) is 0 Å². The summed E-state index contributed by atoms with van der Waals surface area (Å²) in [6, 6.07) is 6.37. The molecule has 0 radical (unpaired) electrons. The maximum atomic E-state index is 11.1. The van der Waals surface area contributed by atoms with Crippen molar-refractivity contribution in [2.24, 2.45) is 0 Å². The first-order valence-corrected chi connectivity index (χ1v) is 5.51. The molecule has 0 aliphatic rings. The van der Waals surface area contributed by atoms with Gasteiger partial charge < -0.3 is 10.2 Å². The van der Waals surface area contributed by atoms with Crippen LogP contribution in [0.2, 0.25) is 5.02 Å². The zero-order chi connectivity index (χ0) is 14.0. The van der Waals surface area contributed by atoms with Gasteiger partial charge in [0.2, 0.25) is 0 Å². The molecule has 2 N–H and O–H groups in total.